The Morgan fingerprint density at radius 3 is 1.08 bits per heavy atom. The molecule has 14 nitrogen and oxygen atoms in total. The van der Waals surface area contributed by atoms with Crippen LogP contribution >= 0.6 is 0 Å². The molecular formula is C34H52N2O12. The predicted molar refractivity (Wildman–Crippen MR) is 177 cm³/mol. The zero-order valence-electron chi connectivity index (χ0n) is 28.1. The average molecular weight is 681 g/mol. The van der Waals surface area contributed by atoms with Crippen LogP contribution in [0.5, 0.6) is 0 Å². The van der Waals surface area contributed by atoms with Crippen LogP contribution in [0.2, 0.25) is 0 Å². The van der Waals surface area contributed by atoms with E-state index in [0.717, 1.165) is 5.70 Å². The van der Waals surface area contributed by atoms with E-state index in [2.05, 4.69) is 9.80 Å². The Bertz CT molecular complexity index is 1120. The van der Waals surface area contributed by atoms with Crippen molar-refractivity contribution in [3.05, 3.63) is 45.6 Å². The van der Waals surface area contributed by atoms with Crippen LogP contribution < -0.4 is 10.3 Å². The van der Waals surface area contributed by atoms with E-state index in [9.17, 15) is 9.59 Å². The SMILES string of the molecule is O=C1C=C(N2CCOCCOCCOCCOCCOCC2)c2cc(N3CCOCCOCCOCCOCCOCC3)cc(=O)cc21. The lowest BCUT2D eigenvalue weighted by Gasteiger charge is -2.27. The van der Waals surface area contributed by atoms with Gasteiger partial charge in [-0.1, -0.05) is 0 Å². The fourth-order valence-corrected chi connectivity index (χ4v) is 5.20. The van der Waals surface area contributed by atoms with Gasteiger partial charge >= 0.3 is 0 Å². The number of ketones is 1. The molecule has 0 aromatic heterocycles. The number of anilines is 1. The summed E-state index contributed by atoms with van der Waals surface area (Å²) in [5.41, 5.74) is 2.22. The van der Waals surface area contributed by atoms with E-state index in [1.807, 2.05) is 6.07 Å². The van der Waals surface area contributed by atoms with Gasteiger partial charge in [0.1, 0.15) is 0 Å². The van der Waals surface area contributed by atoms with Crippen LogP contribution in [0.4, 0.5) is 5.69 Å². The molecule has 0 unspecified atom stereocenters. The van der Waals surface area contributed by atoms with Gasteiger partial charge in [-0.3, -0.25) is 9.59 Å². The number of fused-ring (bicyclic) bond motifs is 1. The number of rotatable bonds is 2. The molecule has 0 amide bonds. The fraction of sp³-hybridized carbons (Fsp3) is 0.706. The highest BCUT2D eigenvalue weighted by atomic mass is 16.6. The zero-order valence-corrected chi connectivity index (χ0v) is 28.1. The Kier molecular flexibility index (Phi) is 19.0. The summed E-state index contributed by atoms with van der Waals surface area (Å²) in [6, 6.07) is 4.91. The standard InChI is InChI=1S/C34H52N2O12/c37-30-25-29(35-1-5-39-9-13-43-17-21-47-22-18-44-14-10-40-6-2-35)26-31-32(27-30)34(38)28-33(31)36-3-7-41-11-15-45-19-23-48-24-20-46-16-12-42-8-4-36/h25-28H,1-24H2. The number of hydrogen-bond donors (Lipinski definition) is 0. The molecule has 0 atom stereocenters. The Balaban J connectivity index is 1.48. The largest absolute Gasteiger partial charge is 0.377 e. The van der Waals surface area contributed by atoms with Gasteiger partial charge in [-0.15, -0.1) is 0 Å². The van der Waals surface area contributed by atoms with Gasteiger partial charge in [-0.2, -0.15) is 0 Å². The maximum atomic E-state index is 13.3. The van der Waals surface area contributed by atoms with Crippen LogP contribution in [-0.4, -0.2) is 169 Å². The molecule has 3 aliphatic rings. The third-order valence-electron chi connectivity index (χ3n) is 7.67. The number of carbonyl (C=O) groups excluding carboxylic acids is 1. The fourth-order valence-electron chi connectivity index (χ4n) is 5.20. The van der Waals surface area contributed by atoms with E-state index >= 15 is 0 Å². The van der Waals surface area contributed by atoms with Gasteiger partial charge in [-0.25, -0.2) is 0 Å². The lowest BCUT2D eigenvalue weighted by atomic mass is 10.1. The summed E-state index contributed by atoms with van der Waals surface area (Å²) in [7, 11) is 0. The summed E-state index contributed by atoms with van der Waals surface area (Å²) < 4.78 is 56.7. The number of hydrogen-bond acceptors (Lipinski definition) is 14. The summed E-state index contributed by atoms with van der Waals surface area (Å²) in [5, 5.41) is 0. The molecule has 0 spiro atoms. The molecule has 2 saturated heterocycles. The van der Waals surface area contributed by atoms with Crippen LogP contribution in [0.15, 0.2) is 29.1 Å². The van der Waals surface area contributed by atoms with E-state index in [1.54, 1.807) is 12.1 Å². The number of carbonyl (C=O) groups is 1. The van der Waals surface area contributed by atoms with Gasteiger partial charge in [-0.05, 0) is 12.1 Å². The monoisotopic (exact) mass is 680 g/mol. The number of nitrogens with zero attached hydrogens (tertiary/aromatic N) is 2. The summed E-state index contributed by atoms with van der Waals surface area (Å²) in [6.45, 7) is 11.2. The Hall–Kier alpha value is -2.50. The minimum Gasteiger partial charge on any atom is -0.377 e. The normalized spacial score (nSPS) is 22.4. The topological polar surface area (TPSA) is 133 Å². The molecular weight excluding hydrogens is 628 g/mol. The smallest absolute Gasteiger partial charge is 0.188 e. The van der Waals surface area contributed by atoms with Crippen molar-refractivity contribution >= 4 is 17.2 Å². The summed E-state index contributed by atoms with van der Waals surface area (Å²) >= 11 is 0. The maximum Gasteiger partial charge on any atom is 0.188 e. The van der Waals surface area contributed by atoms with Crippen molar-refractivity contribution < 1.29 is 52.2 Å². The highest BCUT2D eigenvalue weighted by Crippen LogP contribution is 2.31. The molecule has 14 heteroatoms. The van der Waals surface area contributed by atoms with Crippen LogP contribution in [-0.2, 0) is 47.4 Å². The van der Waals surface area contributed by atoms with Gasteiger partial charge in [0.2, 0.25) is 0 Å². The van der Waals surface area contributed by atoms with Crippen LogP contribution in [0.1, 0.15) is 15.9 Å². The van der Waals surface area contributed by atoms with Gasteiger partial charge in [0.25, 0.3) is 0 Å². The van der Waals surface area contributed by atoms with Gasteiger partial charge < -0.3 is 57.2 Å². The van der Waals surface area contributed by atoms with E-state index < -0.39 is 0 Å². The van der Waals surface area contributed by atoms with Crippen molar-refractivity contribution in [2.45, 2.75) is 0 Å². The summed E-state index contributed by atoms with van der Waals surface area (Å²) in [5.74, 6) is -0.207. The van der Waals surface area contributed by atoms with Gasteiger partial charge in [0, 0.05) is 60.8 Å². The number of ether oxygens (including phenoxy) is 10. The first kappa shape index (κ1) is 38.3. The molecule has 4 rings (SSSR count). The van der Waals surface area contributed by atoms with Crippen molar-refractivity contribution in [1.29, 1.82) is 0 Å². The van der Waals surface area contributed by atoms with Gasteiger partial charge in [0.15, 0.2) is 11.2 Å². The molecule has 1 aliphatic carbocycles. The van der Waals surface area contributed by atoms with E-state index in [4.69, 9.17) is 47.4 Å². The second-order valence-corrected chi connectivity index (χ2v) is 11.1. The minimum absolute atomic E-state index is 0.207. The van der Waals surface area contributed by atoms with Crippen molar-refractivity contribution in [3.63, 3.8) is 0 Å². The quantitative estimate of drug-likeness (QED) is 0.438. The first-order valence-electron chi connectivity index (χ1n) is 17.0. The van der Waals surface area contributed by atoms with Crippen molar-refractivity contribution in [2.75, 3.05) is 163 Å². The molecule has 2 fully saturated rings. The first-order valence-corrected chi connectivity index (χ1v) is 17.0. The average Bonchev–Trinajstić information content (AvgIpc) is 3.25. The predicted octanol–water partition coefficient (Wildman–Crippen LogP) is 0.886. The van der Waals surface area contributed by atoms with E-state index in [1.165, 1.54) is 6.07 Å². The van der Waals surface area contributed by atoms with Crippen LogP contribution in [0, 0.1) is 0 Å². The summed E-state index contributed by atoms with van der Waals surface area (Å²) in [4.78, 5) is 30.5. The Morgan fingerprint density at radius 1 is 0.375 bits per heavy atom. The number of allylic oxidation sites excluding steroid dienone is 1. The van der Waals surface area contributed by atoms with Crippen LogP contribution in [0.25, 0.3) is 5.70 Å². The van der Waals surface area contributed by atoms with E-state index in [0.29, 0.717) is 175 Å². The second kappa shape index (κ2) is 23.8. The molecule has 0 bridgehead atoms. The third kappa shape index (κ3) is 14.5. The molecule has 48 heavy (non-hydrogen) atoms. The molecule has 0 saturated carbocycles. The molecule has 0 radical (unpaired) electrons. The van der Waals surface area contributed by atoms with E-state index in [-0.39, 0.29) is 11.2 Å². The summed E-state index contributed by atoms with van der Waals surface area (Å²) in [6.07, 6.45) is 1.60. The Morgan fingerprint density at radius 2 is 0.708 bits per heavy atom. The zero-order chi connectivity index (χ0) is 33.5. The van der Waals surface area contributed by atoms with Crippen molar-refractivity contribution in [3.8, 4) is 0 Å². The lowest BCUT2D eigenvalue weighted by molar-refractivity contribution is -0.0159. The molecule has 2 heterocycles. The third-order valence-corrected chi connectivity index (χ3v) is 7.67. The molecule has 2 aliphatic heterocycles. The maximum absolute atomic E-state index is 13.3. The van der Waals surface area contributed by atoms with Crippen molar-refractivity contribution in [1.82, 2.24) is 4.90 Å². The lowest BCUT2D eigenvalue weighted by Crippen LogP contribution is -2.32. The molecule has 1 aromatic rings. The highest BCUT2D eigenvalue weighted by Gasteiger charge is 2.26. The van der Waals surface area contributed by atoms with Crippen molar-refractivity contribution in [2.24, 2.45) is 0 Å². The first-order chi connectivity index (χ1) is 23.7. The second-order valence-electron chi connectivity index (χ2n) is 11.1. The molecule has 270 valence electrons. The molecule has 0 N–H and O–H groups in total. The molecule has 1 aromatic carbocycles. The van der Waals surface area contributed by atoms with Gasteiger partial charge in [0.05, 0.1) is 132 Å². The Labute approximate surface area is 283 Å². The highest BCUT2D eigenvalue weighted by molar-refractivity contribution is 6.16. The minimum atomic E-state index is -0.253. The van der Waals surface area contributed by atoms with Crippen LogP contribution in [0.3, 0.4) is 0 Å².